The summed E-state index contributed by atoms with van der Waals surface area (Å²) >= 11 is 1.41. The minimum absolute atomic E-state index is 0.120. The van der Waals surface area contributed by atoms with E-state index in [2.05, 4.69) is 0 Å². The largest absolute Gasteiger partial charge is 0.504 e. The first-order valence-electron chi connectivity index (χ1n) is 6.02. The number of aliphatic hydroxyl groups excluding tert-OH is 1. The second-order valence-corrected chi connectivity index (χ2v) is 5.43. The van der Waals surface area contributed by atoms with Gasteiger partial charge in [-0.2, -0.15) is 0 Å². The third kappa shape index (κ3) is 2.17. The van der Waals surface area contributed by atoms with E-state index in [1.807, 2.05) is 60.7 Å². The molecule has 3 heteroatoms. The molecule has 2 aromatic rings. The third-order valence-electron chi connectivity index (χ3n) is 3.06. The number of hydrogen-bond donors (Lipinski definition) is 1. The number of rotatable bonds is 2. The Morgan fingerprint density at radius 1 is 0.895 bits per heavy atom. The summed E-state index contributed by atoms with van der Waals surface area (Å²) in [6.07, 6.45) is 0. The van der Waals surface area contributed by atoms with Crippen molar-refractivity contribution in [3.63, 3.8) is 0 Å². The molecule has 2 aromatic carbocycles. The van der Waals surface area contributed by atoms with Gasteiger partial charge in [-0.15, -0.1) is 11.8 Å². The average molecular weight is 268 g/mol. The lowest BCUT2D eigenvalue weighted by molar-refractivity contribution is -0.117. The van der Waals surface area contributed by atoms with E-state index in [9.17, 15) is 9.90 Å². The van der Waals surface area contributed by atoms with Crippen molar-refractivity contribution in [2.24, 2.45) is 0 Å². The van der Waals surface area contributed by atoms with Crippen LogP contribution in [0.4, 0.5) is 0 Å². The third-order valence-corrected chi connectivity index (χ3v) is 4.45. The summed E-state index contributed by atoms with van der Waals surface area (Å²) in [5.41, 5.74) is 1.81. The van der Waals surface area contributed by atoms with Gasteiger partial charge in [-0.1, -0.05) is 60.7 Å². The summed E-state index contributed by atoms with van der Waals surface area (Å²) in [4.78, 5) is 12.8. The molecule has 1 atom stereocenters. The number of hydrogen-bond acceptors (Lipinski definition) is 3. The van der Waals surface area contributed by atoms with Crippen LogP contribution in [0.25, 0.3) is 4.91 Å². The molecule has 0 radical (unpaired) electrons. The number of carbonyl (C=O) groups excluding carboxylic acids is 1. The molecular formula is C16H12O2S. The molecule has 0 aliphatic carbocycles. The molecule has 1 heterocycles. The lowest BCUT2D eigenvalue weighted by Crippen LogP contribution is -2.05. The number of aliphatic hydroxyl groups is 1. The van der Waals surface area contributed by atoms with Crippen LogP contribution in [0.2, 0.25) is 0 Å². The number of Topliss-reactive ketones (excluding diaryl/α,β-unsaturated/α-hetero) is 1. The first kappa shape index (κ1) is 12.1. The Hall–Kier alpha value is -2.00. The van der Waals surface area contributed by atoms with Gasteiger partial charge in [-0.3, -0.25) is 4.79 Å². The van der Waals surface area contributed by atoms with E-state index < -0.39 is 0 Å². The summed E-state index contributed by atoms with van der Waals surface area (Å²) in [6.45, 7) is 0. The average Bonchev–Trinajstić information content (AvgIpc) is 2.77. The lowest BCUT2D eigenvalue weighted by atomic mass is 10.1. The Bertz CT molecular complexity index is 632. The molecule has 0 saturated heterocycles. The van der Waals surface area contributed by atoms with Gasteiger partial charge >= 0.3 is 0 Å². The zero-order chi connectivity index (χ0) is 13.2. The molecule has 1 unspecified atom stereocenters. The van der Waals surface area contributed by atoms with E-state index >= 15 is 0 Å². The molecule has 0 saturated carbocycles. The van der Waals surface area contributed by atoms with Gasteiger partial charge in [-0.25, -0.2) is 0 Å². The van der Waals surface area contributed by atoms with Crippen molar-refractivity contribution in [2.45, 2.75) is 5.25 Å². The fourth-order valence-corrected chi connectivity index (χ4v) is 3.34. The highest BCUT2D eigenvalue weighted by molar-refractivity contribution is 8.09. The van der Waals surface area contributed by atoms with Crippen LogP contribution < -0.4 is 0 Å². The molecule has 0 aromatic heterocycles. The molecule has 94 valence electrons. The molecule has 0 bridgehead atoms. The van der Waals surface area contributed by atoms with Gasteiger partial charge < -0.3 is 5.11 Å². The molecule has 1 aliphatic rings. The number of allylic oxidation sites excluding steroid dienone is 1. The smallest absolute Gasteiger partial charge is 0.216 e. The summed E-state index contributed by atoms with van der Waals surface area (Å²) in [6, 6.07) is 19.1. The fraction of sp³-hybridized carbons (Fsp3) is 0.0625. The monoisotopic (exact) mass is 268 g/mol. The maximum absolute atomic E-state index is 12.2. The first-order chi connectivity index (χ1) is 9.27. The summed E-state index contributed by atoms with van der Waals surface area (Å²) in [5, 5.41) is 9.72. The molecule has 1 aliphatic heterocycles. The lowest BCUT2D eigenvalue weighted by Gasteiger charge is -2.08. The van der Waals surface area contributed by atoms with Gasteiger partial charge in [0.25, 0.3) is 0 Å². The Kier molecular flexibility index (Phi) is 3.13. The fourth-order valence-electron chi connectivity index (χ4n) is 2.10. The zero-order valence-electron chi connectivity index (χ0n) is 10.1. The van der Waals surface area contributed by atoms with Crippen LogP contribution in [0.5, 0.6) is 0 Å². The standard InChI is InChI=1S/C16H12O2S/c17-13-14(18)16(12-9-5-2-6-10-12)19-15(13)11-7-3-1-4-8-11/h1-10,15,18H. The number of ketones is 1. The van der Waals surface area contributed by atoms with E-state index in [0.29, 0.717) is 4.91 Å². The zero-order valence-corrected chi connectivity index (χ0v) is 10.9. The van der Waals surface area contributed by atoms with Gasteiger partial charge in [0, 0.05) is 0 Å². The maximum atomic E-state index is 12.2. The van der Waals surface area contributed by atoms with Crippen molar-refractivity contribution in [3.05, 3.63) is 77.5 Å². The Balaban J connectivity index is 1.96. The summed E-state index contributed by atoms with van der Waals surface area (Å²) < 4.78 is 0. The van der Waals surface area contributed by atoms with E-state index in [0.717, 1.165) is 11.1 Å². The molecule has 1 N–H and O–H groups in total. The summed E-state index contributed by atoms with van der Waals surface area (Å²) in [5.74, 6) is -0.333. The second-order valence-electron chi connectivity index (χ2n) is 4.32. The van der Waals surface area contributed by atoms with Crippen molar-refractivity contribution in [2.75, 3.05) is 0 Å². The highest BCUT2D eigenvalue weighted by Gasteiger charge is 2.35. The van der Waals surface area contributed by atoms with Gasteiger partial charge in [0.2, 0.25) is 5.78 Å². The SMILES string of the molecule is O=C1C(O)=C(c2ccccc2)SC1c1ccccc1. The van der Waals surface area contributed by atoms with Gasteiger partial charge in [-0.05, 0) is 11.1 Å². The molecule has 0 amide bonds. The first-order valence-corrected chi connectivity index (χ1v) is 6.90. The quantitative estimate of drug-likeness (QED) is 0.895. The highest BCUT2D eigenvalue weighted by Crippen LogP contribution is 2.48. The maximum Gasteiger partial charge on any atom is 0.216 e. The minimum Gasteiger partial charge on any atom is -0.504 e. The minimum atomic E-state index is -0.337. The van der Waals surface area contributed by atoms with Crippen LogP contribution in [0.3, 0.4) is 0 Å². The van der Waals surface area contributed by atoms with E-state index in [4.69, 9.17) is 0 Å². The van der Waals surface area contributed by atoms with E-state index in [1.165, 1.54) is 11.8 Å². The summed E-state index contributed by atoms with van der Waals surface area (Å²) in [7, 11) is 0. The molecule has 0 fully saturated rings. The molecule has 0 spiro atoms. The number of carbonyl (C=O) groups is 1. The van der Waals surface area contributed by atoms with Gasteiger partial charge in [0.05, 0.1) is 4.91 Å². The van der Waals surface area contributed by atoms with E-state index in [1.54, 1.807) is 0 Å². The Morgan fingerprint density at radius 2 is 1.47 bits per heavy atom. The van der Waals surface area contributed by atoms with Gasteiger partial charge in [0.15, 0.2) is 5.76 Å². The van der Waals surface area contributed by atoms with Crippen LogP contribution in [0.15, 0.2) is 66.4 Å². The Morgan fingerprint density at radius 3 is 2.11 bits per heavy atom. The molecule has 19 heavy (non-hydrogen) atoms. The van der Waals surface area contributed by atoms with Crippen molar-refractivity contribution in [1.29, 1.82) is 0 Å². The van der Waals surface area contributed by atoms with E-state index in [-0.39, 0.29) is 16.8 Å². The molecule has 2 nitrogen and oxygen atoms in total. The van der Waals surface area contributed by atoms with Crippen LogP contribution in [-0.4, -0.2) is 10.9 Å². The van der Waals surface area contributed by atoms with Gasteiger partial charge in [0.1, 0.15) is 5.25 Å². The van der Waals surface area contributed by atoms with Crippen LogP contribution >= 0.6 is 11.8 Å². The van der Waals surface area contributed by atoms with Crippen molar-refractivity contribution >= 4 is 22.5 Å². The van der Waals surface area contributed by atoms with Crippen molar-refractivity contribution in [3.8, 4) is 0 Å². The van der Waals surface area contributed by atoms with Crippen molar-refractivity contribution in [1.82, 2.24) is 0 Å². The van der Waals surface area contributed by atoms with Crippen LogP contribution in [0.1, 0.15) is 16.4 Å². The normalized spacial score (nSPS) is 18.9. The predicted octanol–water partition coefficient (Wildman–Crippen LogP) is 3.97. The van der Waals surface area contributed by atoms with Crippen LogP contribution in [-0.2, 0) is 4.79 Å². The Labute approximate surface area is 115 Å². The van der Waals surface area contributed by atoms with Crippen LogP contribution in [0, 0.1) is 0 Å². The predicted molar refractivity (Wildman–Crippen MR) is 77.8 cm³/mol. The molecular weight excluding hydrogens is 256 g/mol. The second kappa shape index (κ2) is 4.94. The number of thioether (sulfide) groups is 1. The van der Waals surface area contributed by atoms with Crippen molar-refractivity contribution < 1.29 is 9.90 Å². The highest BCUT2D eigenvalue weighted by atomic mass is 32.2. The topological polar surface area (TPSA) is 37.3 Å². The number of benzene rings is 2. The molecule has 3 rings (SSSR count).